The van der Waals surface area contributed by atoms with Gasteiger partial charge in [-0.1, -0.05) is 0 Å². The first-order valence-corrected chi connectivity index (χ1v) is 8.11. The Kier molecular flexibility index (Phi) is 3.91. The number of piperidine rings is 1. The highest BCUT2D eigenvalue weighted by molar-refractivity contribution is 7.90. The van der Waals surface area contributed by atoms with Crippen LogP contribution < -0.4 is 10.2 Å². The molecule has 1 atom stereocenters. The van der Waals surface area contributed by atoms with Crippen LogP contribution in [0.3, 0.4) is 0 Å². The molecule has 1 aliphatic heterocycles. The van der Waals surface area contributed by atoms with E-state index in [2.05, 4.69) is 5.32 Å². The van der Waals surface area contributed by atoms with E-state index >= 15 is 0 Å². The SMILES string of the molecule is CNC1CCCN(c2ccc(S(C)(=O)=O)cc2)C1=O. The number of nitrogens with one attached hydrogen (secondary N) is 1. The molecule has 0 spiro atoms. The third kappa shape index (κ3) is 2.96. The molecule has 19 heavy (non-hydrogen) atoms. The maximum absolute atomic E-state index is 12.2. The summed E-state index contributed by atoms with van der Waals surface area (Å²) in [5.74, 6) is 0.0425. The van der Waals surface area contributed by atoms with Crippen LogP contribution in [0.2, 0.25) is 0 Å². The van der Waals surface area contributed by atoms with Crippen LogP contribution in [0.15, 0.2) is 29.2 Å². The first-order chi connectivity index (χ1) is 8.93. The van der Waals surface area contributed by atoms with Crippen molar-refractivity contribution in [3.63, 3.8) is 0 Å². The molecule has 1 fully saturated rings. The summed E-state index contributed by atoms with van der Waals surface area (Å²) in [4.78, 5) is 14.2. The molecule has 1 N–H and O–H groups in total. The third-order valence-corrected chi connectivity index (χ3v) is 4.49. The Labute approximate surface area is 113 Å². The maximum Gasteiger partial charge on any atom is 0.244 e. The number of amides is 1. The summed E-state index contributed by atoms with van der Waals surface area (Å²) in [6.07, 6.45) is 2.95. The Morgan fingerprint density at radius 2 is 1.89 bits per heavy atom. The van der Waals surface area contributed by atoms with Crippen LogP contribution in [0.5, 0.6) is 0 Å². The molecular formula is C13H18N2O3S. The predicted molar refractivity (Wildman–Crippen MR) is 74.0 cm³/mol. The number of benzene rings is 1. The lowest BCUT2D eigenvalue weighted by atomic mass is 10.0. The Morgan fingerprint density at radius 1 is 1.26 bits per heavy atom. The van der Waals surface area contributed by atoms with Gasteiger partial charge in [0.1, 0.15) is 0 Å². The normalized spacial score (nSPS) is 20.6. The van der Waals surface area contributed by atoms with Crippen molar-refractivity contribution in [2.24, 2.45) is 0 Å². The summed E-state index contributed by atoms with van der Waals surface area (Å²) in [7, 11) is -1.42. The zero-order valence-electron chi connectivity index (χ0n) is 11.1. The van der Waals surface area contributed by atoms with Gasteiger partial charge < -0.3 is 10.2 Å². The van der Waals surface area contributed by atoms with Crippen LogP contribution in [0.1, 0.15) is 12.8 Å². The predicted octanol–water partition coefficient (Wildman–Crippen LogP) is 0.805. The van der Waals surface area contributed by atoms with E-state index in [9.17, 15) is 13.2 Å². The number of sulfone groups is 1. The van der Waals surface area contributed by atoms with Crippen LogP contribution in [-0.2, 0) is 14.6 Å². The molecular weight excluding hydrogens is 264 g/mol. The molecule has 0 bridgehead atoms. The van der Waals surface area contributed by atoms with E-state index in [-0.39, 0.29) is 16.8 Å². The van der Waals surface area contributed by atoms with Crippen molar-refractivity contribution in [1.82, 2.24) is 5.32 Å². The molecule has 1 saturated heterocycles. The summed E-state index contributed by atoms with van der Waals surface area (Å²) in [5.41, 5.74) is 0.748. The van der Waals surface area contributed by atoms with E-state index in [0.29, 0.717) is 6.54 Å². The van der Waals surface area contributed by atoms with Gasteiger partial charge in [0, 0.05) is 18.5 Å². The molecule has 1 heterocycles. The number of nitrogens with zero attached hydrogens (tertiary/aromatic N) is 1. The second-order valence-electron chi connectivity index (χ2n) is 4.74. The maximum atomic E-state index is 12.2. The summed E-state index contributed by atoms with van der Waals surface area (Å²) < 4.78 is 22.8. The Balaban J connectivity index is 2.25. The smallest absolute Gasteiger partial charge is 0.244 e. The van der Waals surface area contributed by atoms with Gasteiger partial charge in [0.2, 0.25) is 5.91 Å². The largest absolute Gasteiger partial charge is 0.311 e. The average Bonchev–Trinajstić information content (AvgIpc) is 2.38. The number of anilines is 1. The average molecular weight is 282 g/mol. The van der Waals surface area contributed by atoms with Crippen LogP contribution in [0.25, 0.3) is 0 Å². The van der Waals surface area contributed by atoms with Crippen molar-refractivity contribution in [3.05, 3.63) is 24.3 Å². The molecule has 1 aromatic carbocycles. The third-order valence-electron chi connectivity index (χ3n) is 3.36. The summed E-state index contributed by atoms with van der Waals surface area (Å²) >= 11 is 0. The van der Waals surface area contributed by atoms with Gasteiger partial charge in [-0.3, -0.25) is 4.79 Å². The highest BCUT2D eigenvalue weighted by atomic mass is 32.2. The van der Waals surface area contributed by atoms with Crippen LogP contribution in [-0.4, -0.2) is 40.2 Å². The molecule has 0 aliphatic carbocycles. The van der Waals surface area contributed by atoms with Gasteiger partial charge in [0.15, 0.2) is 9.84 Å². The lowest BCUT2D eigenvalue weighted by molar-refractivity contribution is -0.121. The molecule has 1 aromatic rings. The topological polar surface area (TPSA) is 66.5 Å². The molecule has 5 nitrogen and oxygen atoms in total. The second-order valence-corrected chi connectivity index (χ2v) is 6.76. The van der Waals surface area contributed by atoms with Gasteiger partial charge in [-0.05, 0) is 44.2 Å². The van der Waals surface area contributed by atoms with E-state index in [1.54, 1.807) is 36.2 Å². The van der Waals surface area contributed by atoms with Gasteiger partial charge in [0.25, 0.3) is 0 Å². The zero-order valence-corrected chi connectivity index (χ0v) is 11.9. The van der Waals surface area contributed by atoms with Crippen LogP contribution >= 0.6 is 0 Å². The monoisotopic (exact) mass is 282 g/mol. The second kappa shape index (κ2) is 5.30. The van der Waals surface area contributed by atoms with E-state index < -0.39 is 9.84 Å². The number of carbonyl (C=O) groups excluding carboxylic acids is 1. The molecule has 1 unspecified atom stereocenters. The Bertz CT molecular complexity index is 566. The van der Waals surface area contributed by atoms with Crippen molar-refractivity contribution in [3.8, 4) is 0 Å². The minimum absolute atomic E-state index is 0.0425. The molecule has 1 amide bonds. The lowest BCUT2D eigenvalue weighted by Gasteiger charge is -2.32. The van der Waals surface area contributed by atoms with E-state index in [0.717, 1.165) is 18.5 Å². The van der Waals surface area contributed by atoms with E-state index in [1.807, 2.05) is 0 Å². The van der Waals surface area contributed by atoms with Gasteiger partial charge in [0.05, 0.1) is 10.9 Å². The fourth-order valence-electron chi connectivity index (χ4n) is 2.27. The summed E-state index contributed by atoms with van der Waals surface area (Å²) in [6.45, 7) is 0.676. The molecule has 0 aromatic heterocycles. The van der Waals surface area contributed by atoms with Gasteiger partial charge in [-0.25, -0.2) is 8.42 Å². The quantitative estimate of drug-likeness (QED) is 0.890. The number of hydrogen-bond donors (Lipinski definition) is 1. The van der Waals surface area contributed by atoms with E-state index in [1.165, 1.54) is 6.26 Å². The van der Waals surface area contributed by atoms with Gasteiger partial charge >= 0.3 is 0 Å². The van der Waals surface area contributed by atoms with Crippen molar-refractivity contribution in [2.75, 3.05) is 24.7 Å². The molecule has 1 aliphatic rings. The Hall–Kier alpha value is -1.40. The first kappa shape index (κ1) is 14.0. The number of hydrogen-bond acceptors (Lipinski definition) is 4. The summed E-state index contributed by atoms with van der Waals surface area (Å²) in [6, 6.07) is 6.31. The number of likely N-dealkylation sites (N-methyl/N-ethyl adjacent to an activating group) is 1. The fraction of sp³-hybridized carbons (Fsp3) is 0.462. The number of carbonyl (C=O) groups is 1. The van der Waals surface area contributed by atoms with Crippen molar-refractivity contribution >= 4 is 21.4 Å². The minimum atomic E-state index is -3.20. The summed E-state index contributed by atoms with van der Waals surface area (Å²) in [5, 5.41) is 3.00. The molecule has 2 rings (SSSR count). The van der Waals surface area contributed by atoms with Crippen LogP contribution in [0, 0.1) is 0 Å². The van der Waals surface area contributed by atoms with Crippen molar-refractivity contribution in [2.45, 2.75) is 23.8 Å². The highest BCUT2D eigenvalue weighted by Gasteiger charge is 2.28. The minimum Gasteiger partial charge on any atom is -0.311 e. The molecule has 6 heteroatoms. The molecule has 0 radical (unpaired) electrons. The molecule has 104 valence electrons. The van der Waals surface area contributed by atoms with Crippen LogP contribution in [0.4, 0.5) is 5.69 Å². The van der Waals surface area contributed by atoms with Gasteiger partial charge in [-0.15, -0.1) is 0 Å². The zero-order chi connectivity index (χ0) is 14.0. The highest BCUT2D eigenvalue weighted by Crippen LogP contribution is 2.22. The standard InChI is InChI=1S/C13H18N2O3S/c1-14-12-4-3-9-15(13(12)16)10-5-7-11(8-6-10)19(2,17)18/h5-8,12,14H,3-4,9H2,1-2H3. The van der Waals surface area contributed by atoms with Crippen molar-refractivity contribution < 1.29 is 13.2 Å². The van der Waals surface area contributed by atoms with Gasteiger partial charge in [-0.2, -0.15) is 0 Å². The molecule has 0 saturated carbocycles. The van der Waals surface area contributed by atoms with E-state index in [4.69, 9.17) is 0 Å². The number of rotatable bonds is 3. The van der Waals surface area contributed by atoms with Crippen molar-refractivity contribution in [1.29, 1.82) is 0 Å². The Morgan fingerprint density at radius 3 is 2.42 bits per heavy atom. The fourth-order valence-corrected chi connectivity index (χ4v) is 2.90. The lowest BCUT2D eigenvalue weighted by Crippen LogP contribution is -2.49. The first-order valence-electron chi connectivity index (χ1n) is 6.22.